The third-order valence-electron chi connectivity index (χ3n) is 7.49. The molecule has 1 aliphatic carbocycles. The topological polar surface area (TPSA) is 91.1 Å². The number of sulfonamides is 1. The molecule has 1 amide bonds. The van der Waals surface area contributed by atoms with Crippen molar-refractivity contribution in [2.24, 2.45) is 5.92 Å². The van der Waals surface area contributed by atoms with Gasteiger partial charge in [-0.05, 0) is 81.0 Å². The molecule has 1 aromatic heterocycles. The molecular formula is C30H32FN3O3S. The maximum absolute atomic E-state index is 13.2. The van der Waals surface area contributed by atoms with E-state index in [1.54, 1.807) is 24.3 Å². The third-order valence-corrected chi connectivity index (χ3v) is 9.01. The van der Waals surface area contributed by atoms with Crippen molar-refractivity contribution < 1.29 is 17.6 Å². The van der Waals surface area contributed by atoms with E-state index in [1.807, 2.05) is 50.2 Å². The SMILES string of the molecule is Cc1ccccc1-c1cc2ccc(S(=O)(=O)N[C@H]3CC[C@H](C(=O)N[C@H](C)c4ccc(F)cc4)CC3)cc2[nH]1. The number of fused-ring (bicyclic) bond motifs is 1. The monoisotopic (exact) mass is 533 g/mol. The van der Waals surface area contributed by atoms with Crippen molar-refractivity contribution >= 4 is 26.8 Å². The molecule has 4 aromatic rings. The van der Waals surface area contributed by atoms with Gasteiger partial charge in [-0.25, -0.2) is 17.5 Å². The highest BCUT2D eigenvalue weighted by Gasteiger charge is 2.30. The van der Waals surface area contributed by atoms with Gasteiger partial charge in [0.15, 0.2) is 0 Å². The molecule has 38 heavy (non-hydrogen) atoms. The van der Waals surface area contributed by atoms with E-state index >= 15 is 0 Å². The Kier molecular flexibility index (Phi) is 7.36. The Balaban J connectivity index is 1.20. The third kappa shape index (κ3) is 5.66. The zero-order chi connectivity index (χ0) is 26.9. The minimum atomic E-state index is -3.71. The van der Waals surface area contributed by atoms with Gasteiger partial charge in [-0.15, -0.1) is 0 Å². The Labute approximate surface area is 222 Å². The van der Waals surface area contributed by atoms with Gasteiger partial charge in [0.05, 0.1) is 10.9 Å². The van der Waals surface area contributed by atoms with Crippen molar-refractivity contribution in [1.82, 2.24) is 15.0 Å². The van der Waals surface area contributed by atoms with Crippen molar-refractivity contribution in [2.45, 2.75) is 56.5 Å². The maximum atomic E-state index is 13.2. The van der Waals surface area contributed by atoms with E-state index < -0.39 is 10.0 Å². The second-order valence-electron chi connectivity index (χ2n) is 10.2. The van der Waals surface area contributed by atoms with Crippen LogP contribution in [0.25, 0.3) is 22.2 Å². The molecule has 1 fully saturated rings. The summed E-state index contributed by atoms with van der Waals surface area (Å²) >= 11 is 0. The lowest BCUT2D eigenvalue weighted by molar-refractivity contribution is -0.126. The summed E-state index contributed by atoms with van der Waals surface area (Å²) in [4.78, 5) is 16.4. The number of halogens is 1. The van der Waals surface area contributed by atoms with Gasteiger partial charge < -0.3 is 10.3 Å². The van der Waals surface area contributed by atoms with Crippen LogP contribution in [0.3, 0.4) is 0 Å². The van der Waals surface area contributed by atoms with Gasteiger partial charge in [-0.1, -0.05) is 42.5 Å². The van der Waals surface area contributed by atoms with Crippen LogP contribution in [0.15, 0.2) is 77.7 Å². The predicted molar refractivity (Wildman–Crippen MR) is 147 cm³/mol. The van der Waals surface area contributed by atoms with Crippen LogP contribution in [0.5, 0.6) is 0 Å². The number of benzene rings is 3. The van der Waals surface area contributed by atoms with Crippen LogP contribution in [0.4, 0.5) is 4.39 Å². The molecule has 0 unspecified atom stereocenters. The second kappa shape index (κ2) is 10.7. The number of rotatable bonds is 7. The molecule has 8 heteroatoms. The average Bonchev–Trinajstić information content (AvgIpc) is 3.33. The largest absolute Gasteiger partial charge is 0.354 e. The molecule has 3 N–H and O–H groups in total. The summed E-state index contributed by atoms with van der Waals surface area (Å²) in [5.74, 6) is -0.536. The highest BCUT2D eigenvalue weighted by molar-refractivity contribution is 7.89. The fourth-order valence-corrected chi connectivity index (χ4v) is 6.55. The van der Waals surface area contributed by atoms with E-state index in [-0.39, 0.29) is 34.6 Å². The number of aromatic amines is 1. The summed E-state index contributed by atoms with van der Waals surface area (Å²) in [7, 11) is -3.71. The number of carbonyl (C=O) groups is 1. The zero-order valence-electron chi connectivity index (χ0n) is 21.5. The van der Waals surface area contributed by atoms with Crippen LogP contribution >= 0.6 is 0 Å². The number of nitrogens with one attached hydrogen (secondary N) is 3. The van der Waals surface area contributed by atoms with Crippen LogP contribution < -0.4 is 10.0 Å². The molecule has 198 valence electrons. The summed E-state index contributed by atoms with van der Waals surface area (Å²) in [6.45, 7) is 3.92. The van der Waals surface area contributed by atoms with Crippen molar-refractivity contribution in [3.63, 3.8) is 0 Å². The number of aryl methyl sites for hydroxylation is 1. The summed E-state index contributed by atoms with van der Waals surface area (Å²) in [5.41, 5.74) is 4.78. The number of H-pyrrole nitrogens is 1. The highest BCUT2D eigenvalue weighted by Crippen LogP contribution is 2.30. The molecule has 0 saturated heterocycles. The fraction of sp³-hybridized carbons (Fsp3) is 0.300. The van der Waals surface area contributed by atoms with Gasteiger partial charge in [0.1, 0.15) is 5.82 Å². The minimum absolute atomic E-state index is 0.0511. The first-order valence-corrected chi connectivity index (χ1v) is 14.4. The van der Waals surface area contributed by atoms with Crippen LogP contribution in [-0.4, -0.2) is 25.4 Å². The molecular weight excluding hydrogens is 501 g/mol. The van der Waals surface area contributed by atoms with Crippen LogP contribution in [-0.2, 0) is 14.8 Å². The molecule has 3 aromatic carbocycles. The number of aromatic nitrogens is 1. The maximum Gasteiger partial charge on any atom is 0.240 e. The van der Waals surface area contributed by atoms with E-state index in [4.69, 9.17) is 0 Å². The molecule has 0 radical (unpaired) electrons. The summed E-state index contributed by atoms with van der Waals surface area (Å²) < 4.78 is 42.4. The summed E-state index contributed by atoms with van der Waals surface area (Å²) in [6.07, 6.45) is 2.38. The fourth-order valence-electron chi connectivity index (χ4n) is 5.22. The molecule has 0 spiro atoms. The Morgan fingerprint density at radius 3 is 2.39 bits per heavy atom. The summed E-state index contributed by atoms with van der Waals surface area (Å²) in [6, 6.07) is 20.9. The molecule has 0 aliphatic heterocycles. The first kappa shape index (κ1) is 26.1. The lowest BCUT2D eigenvalue weighted by atomic mass is 9.85. The Bertz CT molecular complexity index is 1560. The summed E-state index contributed by atoms with van der Waals surface area (Å²) in [5, 5.41) is 3.95. The van der Waals surface area contributed by atoms with E-state index in [2.05, 4.69) is 15.0 Å². The normalized spacial score (nSPS) is 18.8. The van der Waals surface area contributed by atoms with E-state index in [1.165, 1.54) is 12.1 Å². The quantitative estimate of drug-likeness (QED) is 0.272. The van der Waals surface area contributed by atoms with Gasteiger partial charge in [0.2, 0.25) is 15.9 Å². The van der Waals surface area contributed by atoms with Gasteiger partial charge in [0.25, 0.3) is 0 Å². The van der Waals surface area contributed by atoms with Crippen molar-refractivity contribution in [2.75, 3.05) is 0 Å². The lowest BCUT2D eigenvalue weighted by Gasteiger charge is -2.29. The molecule has 5 rings (SSSR count). The van der Waals surface area contributed by atoms with Crippen LogP contribution in [0, 0.1) is 18.7 Å². The van der Waals surface area contributed by atoms with Crippen LogP contribution in [0.1, 0.15) is 49.8 Å². The minimum Gasteiger partial charge on any atom is -0.354 e. The van der Waals surface area contributed by atoms with E-state index in [0.717, 1.165) is 33.3 Å². The lowest BCUT2D eigenvalue weighted by Crippen LogP contribution is -2.41. The first-order chi connectivity index (χ1) is 18.2. The van der Waals surface area contributed by atoms with Crippen molar-refractivity contribution in [3.8, 4) is 11.3 Å². The van der Waals surface area contributed by atoms with Gasteiger partial charge in [0, 0.05) is 34.1 Å². The molecule has 1 saturated carbocycles. The predicted octanol–water partition coefficient (Wildman–Crippen LogP) is 6.00. The van der Waals surface area contributed by atoms with Gasteiger partial charge in [-0.3, -0.25) is 4.79 Å². The molecule has 1 aliphatic rings. The van der Waals surface area contributed by atoms with Crippen molar-refractivity contribution in [1.29, 1.82) is 0 Å². The number of carbonyl (C=O) groups excluding carboxylic acids is 1. The van der Waals surface area contributed by atoms with Gasteiger partial charge >= 0.3 is 0 Å². The Morgan fingerprint density at radius 2 is 1.68 bits per heavy atom. The molecule has 1 heterocycles. The first-order valence-electron chi connectivity index (χ1n) is 13.0. The molecule has 1 atom stereocenters. The van der Waals surface area contributed by atoms with Crippen molar-refractivity contribution in [3.05, 3.63) is 89.7 Å². The Morgan fingerprint density at radius 1 is 0.974 bits per heavy atom. The van der Waals surface area contributed by atoms with Gasteiger partial charge in [-0.2, -0.15) is 0 Å². The number of amides is 1. The highest BCUT2D eigenvalue weighted by atomic mass is 32.2. The van der Waals surface area contributed by atoms with E-state index in [0.29, 0.717) is 25.7 Å². The number of hydrogen-bond donors (Lipinski definition) is 3. The average molecular weight is 534 g/mol. The molecule has 6 nitrogen and oxygen atoms in total. The zero-order valence-corrected chi connectivity index (χ0v) is 22.3. The number of hydrogen-bond acceptors (Lipinski definition) is 3. The molecule has 0 bridgehead atoms. The van der Waals surface area contributed by atoms with E-state index in [9.17, 15) is 17.6 Å². The second-order valence-corrected chi connectivity index (χ2v) is 11.9. The smallest absolute Gasteiger partial charge is 0.240 e. The Hall–Kier alpha value is -3.49. The standard InChI is InChI=1S/C30H32FN3O3S/c1-19-5-3-4-6-27(19)29-17-23-11-16-26(18-28(23)33-29)38(36,37)34-25-14-9-22(10-15-25)30(35)32-20(2)21-7-12-24(31)13-8-21/h3-8,11-13,16-18,20,22,25,33-34H,9-10,14-15H2,1-2H3,(H,32,35)/t20-,22-,25-/m1/s1. The van der Waals surface area contributed by atoms with Crippen LogP contribution in [0.2, 0.25) is 0 Å².